The fourth-order valence-electron chi connectivity index (χ4n) is 1.50. The summed E-state index contributed by atoms with van der Waals surface area (Å²) in [5.41, 5.74) is 6.70. The Morgan fingerprint density at radius 3 is 2.70 bits per heavy atom. The topological polar surface area (TPSA) is 65.2 Å². The van der Waals surface area contributed by atoms with Gasteiger partial charge >= 0.3 is 5.97 Å². The van der Waals surface area contributed by atoms with Crippen LogP contribution < -0.4 is 5.73 Å². The van der Waals surface area contributed by atoms with E-state index in [1.807, 2.05) is 0 Å². The lowest BCUT2D eigenvalue weighted by Gasteiger charge is -2.09. The third-order valence-corrected chi connectivity index (χ3v) is 3.63. The Bertz CT molecular complexity index is 662. The number of nitrogen functional groups attached to an aromatic ring is 1. The SMILES string of the molecule is Nc1cc(Cl)c(Cl)c(C(=O)OCc2ccncc2Cl)c1. The summed E-state index contributed by atoms with van der Waals surface area (Å²) in [6.45, 7) is 0.00291. The van der Waals surface area contributed by atoms with Gasteiger partial charge in [-0.2, -0.15) is 0 Å². The van der Waals surface area contributed by atoms with Crippen molar-refractivity contribution in [2.75, 3.05) is 5.73 Å². The number of carbonyl (C=O) groups is 1. The molecule has 7 heteroatoms. The number of hydrogen-bond acceptors (Lipinski definition) is 4. The molecule has 0 bridgehead atoms. The first-order chi connectivity index (χ1) is 9.49. The van der Waals surface area contributed by atoms with Crippen molar-refractivity contribution in [3.8, 4) is 0 Å². The number of nitrogens with zero attached hydrogens (tertiary/aromatic N) is 1. The van der Waals surface area contributed by atoms with Gasteiger partial charge in [0.05, 0.1) is 20.6 Å². The zero-order valence-corrected chi connectivity index (χ0v) is 12.3. The molecule has 0 aliphatic rings. The van der Waals surface area contributed by atoms with Crippen LogP contribution in [-0.2, 0) is 11.3 Å². The number of rotatable bonds is 3. The Balaban J connectivity index is 2.15. The molecule has 104 valence electrons. The smallest absolute Gasteiger partial charge is 0.340 e. The maximum Gasteiger partial charge on any atom is 0.340 e. The molecular weight excluding hydrogens is 323 g/mol. The lowest BCUT2D eigenvalue weighted by atomic mass is 10.2. The monoisotopic (exact) mass is 330 g/mol. The van der Waals surface area contributed by atoms with E-state index in [1.54, 1.807) is 12.3 Å². The summed E-state index contributed by atoms with van der Waals surface area (Å²) < 4.78 is 5.14. The van der Waals surface area contributed by atoms with Crippen molar-refractivity contribution in [2.45, 2.75) is 6.61 Å². The van der Waals surface area contributed by atoms with Crippen LogP contribution in [-0.4, -0.2) is 11.0 Å². The normalized spacial score (nSPS) is 10.3. The van der Waals surface area contributed by atoms with Gasteiger partial charge in [0.25, 0.3) is 0 Å². The van der Waals surface area contributed by atoms with E-state index in [0.717, 1.165) is 0 Å². The van der Waals surface area contributed by atoms with E-state index in [1.165, 1.54) is 18.3 Å². The van der Waals surface area contributed by atoms with Crippen LogP contribution in [0.4, 0.5) is 5.69 Å². The second-order valence-electron chi connectivity index (χ2n) is 3.91. The van der Waals surface area contributed by atoms with Crippen molar-refractivity contribution in [3.05, 3.63) is 56.8 Å². The summed E-state index contributed by atoms with van der Waals surface area (Å²) in [6.07, 6.45) is 3.02. The summed E-state index contributed by atoms with van der Waals surface area (Å²) in [7, 11) is 0. The highest BCUT2D eigenvalue weighted by Gasteiger charge is 2.16. The second-order valence-corrected chi connectivity index (χ2v) is 5.10. The van der Waals surface area contributed by atoms with Crippen LogP contribution >= 0.6 is 34.8 Å². The Morgan fingerprint density at radius 2 is 2.00 bits per heavy atom. The van der Waals surface area contributed by atoms with Gasteiger partial charge in [0.2, 0.25) is 0 Å². The third-order valence-electron chi connectivity index (χ3n) is 2.49. The molecule has 0 radical (unpaired) electrons. The molecule has 2 aromatic rings. The van der Waals surface area contributed by atoms with Crippen LogP contribution in [0.15, 0.2) is 30.6 Å². The third kappa shape index (κ3) is 3.33. The first-order valence-electron chi connectivity index (χ1n) is 5.49. The van der Waals surface area contributed by atoms with Crippen molar-refractivity contribution in [3.63, 3.8) is 0 Å². The maximum atomic E-state index is 12.0. The van der Waals surface area contributed by atoms with Gasteiger partial charge in [0.1, 0.15) is 6.61 Å². The Morgan fingerprint density at radius 1 is 1.25 bits per heavy atom. The van der Waals surface area contributed by atoms with E-state index in [2.05, 4.69) is 4.98 Å². The first-order valence-corrected chi connectivity index (χ1v) is 6.62. The molecule has 0 saturated heterocycles. The lowest BCUT2D eigenvalue weighted by molar-refractivity contribution is 0.0473. The average molecular weight is 332 g/mol. The quantitative estimate of drug-likeness (QED) is 0.682. The molecule has 0 spiro atoms. The number of nitrogens with two attached hydrogens (primary N) is 1. The van der Waals surface area contributed by atoms with Crippen LogP contribution in [0.25, 0.3) is 0 Å². The molecule has 0 aliphatic carbocycles. The molecule has 1 aromatic carbocycles. The van der Waals surface area contributed by atoms with Crippen LogP contribution in [0.3, 0.4) is 0 Å². The van der Waals surface area contributed by atoms with Crippen molar-refractivity contribution in [2.24, 2.45) is 0 Å². The van der Waals surface area contributed by atoms with Crippen molar-refractivity contribution in [1.29, 1.82) is 0 Å². The number of hydrogen-bond donors (Lipinski definition) is 1. The Kier molecular flexibility index (Phi) is 4.70. The summed E-state index contributed by atoms with van der Waals surface area (Å²) >= 11 is 17.7. The number of pyridine rings is 1. The van der Waals surface area contributed by atoms with Crippen LogP contribution in [0.1, 0.15) is 15.9 Å². The van der Waals surface area contributed by atoms with Gasteiger partial charge in [0.15, 0.2) is 0 Å². The van der Waals surface area contributed by atoms with Crippen molar-refractivity contribution < 1.29 is 9.53 Å². The zero-order valence-electron chi connectivity index (χ0n) is 10.1. The van der Waals surface area contributed by atoms with Gasteiger partial charge in [-0.25, -0.2) is 4.79 Å². The maximum absolute atomic E-state index is 12.0. The molecule has 20 heavy (non-hydrogen) atoms. The molecule has 0 fully saturated rings. The molecule has 1 heterocycles. The number of ether oxygens (including phenoxy) is 1. The second kappa shape index (κ2) is 6.31. The largest absolute Gasteiger partial charge is 0.457 e. The van der Waals surface area contributed by atoms with Gasteiger partial charge in [-0.1, -0.05) is 34.8 Å². The van der Waals surface area contributed by atoms with Crippen LogP contribution in [0.2, 0.25) is 15.1 Å². The summed E-state index contributed by atoms with van der Waals surface area (Å²) in [5.74, 6) is -0.628. The molecule has 0 atom stereocenters. The number of anilines is 1. The molecule has 2 N–H and O–H groups in total. The molecule has 0 unspecified atom stereocenters. The minimum Gasteiger partial charge on any atom is -0.457 e. The number of benzene rings is 1. The average Bonchev–Trinajstić information content (AvgIpc) is 2.41. The van der Waals surface area contributed by atoms with Gasteiger partial charge in [-0.3, -0.25) is 4.98 Å². The van der Waals surface area contributed by atoms with Crippen LogP contribution in [0.5, 0.6) is 0 Å². The highest BCUT2D eigenvalue weighted by molar-refractivity contribution is 6.44. The number of halogens is 3. The van der Waals surface area contributed by atoms with E-state index < -0.39 is 5.97 Å². The minimum atomic E-state index is -0.628. The number of aromatic nitrogens is 1. The van der Waals surface area contributed by atoms with Crippen molar-refractivity contribution in [1.82, 2.24) is 4.98 Å². The molecule has 1 aromatic heterocycles. The fourth-order valence-corrected chi connectivity index (χ4v) is 2.09. The molecule has 0 aliphatic heterocycles. The highest BCUT2D eigenvalue weighted by atomic mass is 35.5. The summed E-state index contributed by atoms with van der Waals surface area (Å²) in [5, 5.41) is 0.712. The predicted octanol–water partition coefficient (Wildman–Crippen LogP) is 3.98. The Labute approximate surface area is 130 Å². The summed E-state index contributed by atoms with van der Waals surface area (Å²) in [4.78, 5) is 15.8. The van der Waals surface area contributed by atoms with Gasteiger partial charge in [0, 0.05) is 23.6 Å². The summed E-state index contributed by atoms with van der Waals surface area (Å²) in [6, 6.07) is 4.52. The van der Waals surface area contributed by atoms with Crippen molar-refractivity contribution >= 4 is 46.5 Å². The van der Waals surface area contributed by atoms with E-state index in [4.69, 9.17) is 45.3 Å². The standard InChI is InChI=1S/C13H9Cl3N2O2/c14-10-4-8(17)3-9(12(10)16)13(19)20-6-7-1-2-18-5-11(7)15/h1-5H,6,17H2. The van der Waals surface area contributed by atoms with E-state index >= 15 is 0 Å². The van der Waals surface area contributed by atoms with Crippen LogP contribution in [0, 0.1) is 0 Å². The first kappa shape index (κ1) is 14.9. The predicted molar refractivity (Wildman–Crippen MR) is 79.2 cm³/mol. The number of carbonyl (C=O) groups excluding carboxylic acids is 1. The van der Waals surface area contributed by atoms with E-state index in [-0.39, 0.29) is 22.2 Å². The lowest BCUT2D eigenvalue weighted by Crippen LogP contribution is -2.07. The molecule has 0 saturated carbocycles. The molecule has 4 nitrogen and oxygen atoms in total. The van der Waals surface area contributed by atoms with Gasteiger partial charge in [-0.05, 0) is 18.2 Å². The minimum absolute atomic E-state index is 0.00291. The molecule has 2 rings (SSSR count). The fraction of sp³-hybridized carbons (Fsp3) is 0.0769. The van der Waals surface area contributed by atoms with E-state index in [9.17, 15) is 4.79 Å². The highest BCUT2D eigenvalue weighted by Crippen LogP contribution is 2.29. The Hall–Kier alpha value is -1.49. The molecular formula is C13H9Cl3N2O2. The van der Waals surface area contributed by atoms with Gasteiger partial charge in [-0.15, -0.1) is 0 Å². The number of esters is 1. The zero-order chi connectivity index (χ0) is 14.7. The van der Waals surface area contributed by atoms with Gasteiger partial charge < -0.3 is 10.5 Å². The molecule has 0 amide bonds. The van der Waals surface area contributed by atoms with E-state index in [0.29, 0.717) is 16.3 Å².